The molecular weight excluding hydrogens is 329 g/mol. The highest BCUT2D eigenvalue weighted by Gasteiger charge is 2.29. The number of halogens is 2. The van der Waals surface area contributed by atoms with Crippen molar-refractivity contribution in [2.45, 2.75) is 25.7 Å². The number of hydrogen-bond donors (Lipinski definition) is 2. The van der Waals surface area contributed by atoms with E-state index in [9.17, 15) is 14.0 Å². The SMILES string of the molecule is O=C(O)C1CCC(C(=O)Nc2ccc(F)cc2Br)CC1. The molecule has 108 valence electrons. The van der Waals surface area contributed by atoms with E-state index >= 15 is 0 Å². The van der Waals surface area contributed by atoms with Gasteiger partial charge in [0.25, 0.3) is 0 Å². The van der Waals surface area contributed by atoms with Gasteiger partial charge in [0, 0.05) is 10.4 Å². The molecule has 1 aromatic carbocycles. The predicted molar refractivity (Wildman–Crippen MR) is 75.8 cm³/mol. The number of carbonyl (C=O) groups excluding carboxylic acids is 1. The number of benzene rings is 1. The van der Waals surface area contributed by atoms with Crippen LogP contribution in [0.4, 0.5) is 10.1 Å². The summed E-state index contributed by atoms with van der Waals surface area (Å²) in [4.78, 5) is 23.0. The van der Waals surface area contributed by atoms with Crippen molar-refractivity contribution in [3.05, 3.63) is 28.5 Å². The van der Waals surface area contributed by atoms with E-state index in [1.165, 1.54) is 18.2 Å². The maximum atomic E-state index is 13.0. The highest BCUT2D eigenvalue weighted by molar-refractivity contribution is 9.10. The summed E-state index contributed by atoms with van der Waals surface area (Å²) in [6.45, 7) is 0. The minimum absolute atomic E-state index is 0.138. The second-order valence-corrected chi connectivity index (χ2v) is 5.85. The zero-order chi connectivity index (χ0) is 14.7. The fourth-order valence-electron chi connectivity index (χ4n) is 2.43. The van der Waals surface area contributed by atoms with Crippen LogP contribution in [0.1, 0.15) is 25.7 Å². The molecule has 0 aromatic heterocycles. The summed E-state index contributed by atoms with van der Waals surface area (Å²) in [6.07, 6.45) is 2.19. The van der Waals surface area contributed by atoms with Gasteiger partial charge in [0.1, 0.15) is 5.82 Å². The molecule has 0 spiro atoms. The van der Waals surface area contributed by atoms with Crippen LogP contribution >= 0.6 is 15.9 Å². The number of aliphatic carboxylic acids is 1. The number of rotatable bonds is 3. The Labute approximate surface area is 124 Å². The Balaban J connectivity index is 1.94. The van der Waals surface area contributed by atoms with Gasteiger partial charge in [0.15, 0.2) is 0 Å². The average Bonchev–Trinajstić information content (AvgIpc) is 2.42. The molecule has 0 radical (unpaired) electrons. The van der Waals surface area contributed by atoms with Crippen LogP contribution in [0.5, 0.6) is 0 Å². The standard InChI is InChI=1S/C14H15BrFNO3/c15-11-7-10(16)5-6-12(11)17-13(18)8-1-3-9(4-2-8)14(19)20/h5-9H,1-4H2,(H,17,18)(H,19,20). The molecule has 1 fully saturated rings. The van der Waals surface area contributed by atoms with E-state index < -0.39 is 5.97 Å². The lowest BCUT2D eigenvalue weighted by Crippen LogP contribution is -2.29. The molecule has 2 N–H and O–H groups in total. The summed E-state index contributed by atoms with van der Waals surface area (Å²) in [6, 6.07) is 4.07. The third-order valence-electron chi connectivity index (χ3n) is 3.64. The van der Waals surface area contributed by atoms with Gasteiger partial charge in [-0.15, -0.1) is 0 Å². The van der Waals surface area contributed by atoms with Gasteiger partial charge in [0.2, 0.25) is 5.91 Å². The van der Waals surface area contributed by atoms with Gasteiger partial charge in [-0.3, -0.25) is 9.59 Å². The summed E-state index contributed by atoms with van der Waals surface area (Å²) in [5, 5.41) is 11.7. The van der Waals surface area contributed by atoms with Crippen LogP contribution in [0.2, 0.25) is 0 Å². The highest BCUT2D eigenvalue weighted by atomic mass is 79.9. The third kappa shape index (κ3) is 3.56. The zero-order valence-corrected chi connectivity index (χ0v) is 12.3. The molecule has 0 atom stereocenters. The summed E-state index contributed by atoms with van der Waals surface area (Å²) in [5.74, 6) is -1.82. The van der Waals surface area contributed by atoms with Crippen molar-refractivity contribution in [2.24, 2.45) is 11.8 Å². The molecule has 1 aromatic rings. The lowest BCUT2D eigenvalue weighted by atomic mass is 9.81. The smallest absolute Gasteiger partial charge is 0.306 e. The van der Waals surface area contributed by atoms with Crippen LogP contribution < -0.4 is 5.32 Å². The van der Waals surface area contributed by atoms with Gasteiger partial charge in [-0.2, -0.15) is 0 Å². The van der Waals surface area contributed by atoms with Gasteiger partial charge in [-0.05, 0) is 59.8 Å². The van der Waals surface area contributed by atoms with E-state index in [1.807, 2.05) is 0 Å². The molecule has 1 aliphatic rings. The van der Waals surface area contributed by atoms with E-state index in [4.69, 9.17) is 5.11 Å². The highest BCUT2D eigenvalue weighted by Crippen LogP contribution is 2.31. The summed E-state index contributed by atoms with van der Waals surface area (Å²) >= 11 is 3.20. The Morgan fingerprint density at radius 3 is 2.35 bits per heavy atom. The van der Waals surface area contributed by atoms with Crippen molar-refractivity contribution >= 4 is 33.5 Å². The molecule has 0 saturated heterocycles. The van der Waals surface area contributed by atoms with Crippen LogP contribution in [-0.2, 0) is 9.59 Å². The fraction of sp³-hybridized carbons (Fsp3) is 0.429. The van der Waals surface area contributed by atoms with Crippen LogP contribution in [0.3, 0.4) is 0 Å². The van der Waals surface area contributed by atoms with Crippen molar-refractivity contribution in [3.8, 4) is 0 Å². The van der Waals surface area contributed by atoms with Gasteiger partial charge in [-0.1, -0.05) is 0 Å². The lowest BCUT2D eigenvalue weighted by Gasteiger charge is -2.25. The molecular formula is C14H15BrFNO3. The molecule has 1 amide bonds. The Bertz CT molecular complexity index is 527. The topological polar surface area (TPSA) is 66.4 Å². The van der Waals surface area contributed by atoms with Crippen molar-refractivity contribution in [3.63, 3.8) is 0 Å². The third-order valence-corrected chi connectivity index (χ3v) is 4.29. The monoisotopic (exact) mass is 343 g/mol. The molecule has 0 bridgehead atoms. The Hall–Kier alpha value is -1.43. The first-order valence-electron chi connectivity index (χ1n) is 6.46. The summed E-state index contributed by atoms with van der Waals surface area (Å²) in [7, 11) is 0. The van der Waals surface area contributed by atoms with Gasteiger partial charge >= 0.3 is 5.97 Å². The van der Waals surface area contributed by atoms with Crippen LogP contribution in [0, 0.1) is 17.7 Å². The number of nitrogens with one attached hydrogen (secondary N) is 1. The molecule has 0 aliphatic heterocycles. The van der Waals surface area contributed by atoms with E-state index in [0.717, 1.165) is 0 Å². The van der Waals surface area contributed by atoms with Crippen LogP contribution in [0.15, 0.2) is 22.7 Å². The predicted octanol–water partition coefficient (Wildman–Crippen LogP) is 3.42. The summed E-state index contributed by atoms with van der Waals surface area (Å²) < 4.78 is 13.5. The molecule has 6 heteroatoms. The quantitative estimate of drug-likeness (QED) is 0.883. The Morgan fingerprint density at radius 2 is 1.80 bits per heavy atom. The maximum Gasteiger partial charge on any atom is 0.306 e. The Morgan fingerprint density at radius 1 is 1.20 bits per heavy atom. The number of hydrogen-bond acceptors (Lipinski definition) is 2. The number of carbonyl (C=O) groups is 2. The number of carboxylic acids is 1. The summed E-state index contributed by atoms with van der Waals surface area (Å²) in [5.41, 5.74) is 0.525. The first-order chi connectivity index (χ1) is 9.47. The minimum Gasteiger partial charge on any atom is -0.481 e. The van der Waals surface area contributed by atoms with Gasteiger partial charge in [-0.25, -0.2) is 4.39 Å². The van der Waals surface area contributed by atoms with Crippen molar-refractivity contribution < 1.29 is 19.1 Å². The second-order valence-electron chi connectivity index (χ2n) is 5.00. The fourth-order valence-corrected chi connectivity index (χ4v) is 2.88. The van der Waals surface area contributed by atoms with E-state index in [-0.39, 0.29) is 23.6 Å². The zero-order valence-electron chi connectivity index (χ0n) is 10.7. The van der Waals surface area contributed by atoms with Crippen molar-refractivity contribution in [1.29, 1.82) is 0 Å². The molecule has 4 nitrogen and oxygen atoms in total. The molecule has 0 unspecified atom stereocenters. The second kappa shape index (κ2) is 6.35. The molecule has 20 heavy (non-hydrogen) atoms. The molecule has 2 rings (SSSR count). The first kappa shape index (κ1) is 15.0. The largest absolute Gasteiger partial charge is 0.481 e. The Kier molecular flexibility index (Phi) is 4.75. The minimum atomic E-state index is -0.787. The number of amides is 1. The molecule has 1 saturated carbocycles. The molecule has 0 heterocycles. The lowest BCUT2D eigenvalue weighted by molar-refractivity contribution is -0.143. The maximum absolute atomic E-state index is 13.0. The van der Waals surface area contributed by atoms with E-state index in [2.05, 4.69) is 21.2 Å². The van der Waals surface area contributed by atoms with Gasteiger partial charge < -0.3 is 10.4 Å². The average molecular weight is 344 g/mol. The molecule has 1 aliphatic carbocycles. The van der Waals surface area contributed by atoms with Crippen LogP contribution in [0.25, 0.3) is 0 Å². The number of anilines is 1. The van der Waals surface area contributed by atoms with Crippen molar-refractivity contribution in [1.82, 2.24) is 0 Å². The van der Waals surface area contributed by atoms with Crippen LogP contribution in [-0.4, -0.2) is 17.0 Å². The number of carboxylic acid groups (broad SMARTS) is 1. The van der Waals surface area contributed by atoms with Gasteiger partial charge in [0.05, 0.1) is 11.6 Å². The normalized spacial score (nSPS) is 22.3. The first-order valence-corrected chi connectivity index (χ1v) is 7.25. The van der Waals surface area contributed by atoms with E-state index in [1.54, 1.807) is 0 Å². The van der Waals surface area contributed by atoms with Crippen molar-refractivity contribution in [2.75, 3.05) is 5.32 Å². The van der Waals surface area contributed by atoms with E-state index in [0.29, 0.717) is 35.8 Å².